The Morgan fingerprint density at radius 3 is 2.53 bits per heavy atom. The number of phenolic OH excluding ortho intramolecular Hbond substituents is 1. The van der Waals surface area contributed by atoms with E-state index >= 15 is 0 Å². The van der Waals surface area contributed by atoms with E-state index in [0.29, 0.717) is 17.8 Å². The lowest BCUT2D eigenvalue weighted by Crippen LogP contribution is -2.12. The SMILES string of the molecule is Cc1ccc(O)c(NC(=O)c2ccc(CN)cc2)c1. The Bertz CT molecular complexity index is 592. The number of phenols is 1. The third-order valence-electron chi connectivity index (χ3n) is 2.85. The zero-order valence-electron chi connectivity index (χ0n) is 10.7. The third-order valence-corrected chi connectivity index (χ3v) is 2.85. The Morgan fingerprint density at radius 2 is 1.89 bits per heavy atom. The summed E-state index contributed by atoms with van der Waals surface area (Å²) in [6.07, 6.45) is 0. The van der Waals surface area contributed by atoms with Crippen molar-refractivity contribution < 1.29 is 9.90 Å². The summed E-state index contributed by atoms with van der Waals surface area (Å²) >= 11 is 0. The molecule has 0 aliphatic carbocycles. The molecule has 0 aliphatic heterocycles. The van der Waals surface area contributed by atoms with Crippen molar-refractivity contribution >= 4 is 11.6 Å². The molecule has 2 rings (SSSR count). The Kier molecular flexibility index (Phi) is 3.82. The van der Waals surface area contributed by atoms with Crippen molar-refractivity contribution in [3.05, 3.63) is 59.2 Å². The molecule has 1 amide bonds. The monoisotopic (exact) mass is 256 g/mol. The average molecular weight is 256 g/mol. The second kappa shape index (κ2) is 5.54. The van der Waals surface area contributed by atoms with Gasteiger partial charge in [0.05, 0.1) is 5.69 Å². The number of benzene rings is 2. The normalized spacial score (nSPS) is 10.2. The number of nitrogens with one attached hydrogen (secondary N) is 1. The summed E-state index contributed by atoms with van der Waals surface area (Å²) in [5.74, 6) is -0.206. The molecule has 0 spiro atoms. The molecule has 4 N–H and O–H groups in total. The van der Waals surface area contributed by atoms with Gasteiger partial charge in [-0.05, 0) is 42.3 Å². The van der Waals surface area contributed by atoms with E-state index in [1.54, 1.807) is 30.3 Å². The van der Waals surface area contributed by atoms with Crippen molar-refractivity contribution in [3.8, 4) is 5.75 Å². The largest absolute Gasteiger partial charge is 0.506 e. The van der Waals surface area contributed by atoms with Crippen LogP contribution in [0.5, 0.6) is 5.75 Å². The Hall–Kier alpha value is -2.33. The predicted octanol–water partition coefficient (Wildman–Crippen LogP) is 2.41. The van der Waals surface area contributed by atoms with E-state index in [-0.39, 0.29) is 11.7 Å². The predicted molar refractivity (Wildman–Crippen MR) is 75.1 cm³/mol. The van der Waals surface area contributed by atoms with Crippen molar-refractivity contribution in [2.24, 2.45) is 5.73 Å². The lowest BCUT2D eigenvalue weighted by Gasteiger charge is -2.08. The van der Waals surface area contributed by atoms with Crippen LogP contribution < -0.4 is 11.1 Å². The van der Waals surface area contributed by atoms with Crippen molar-refractivity contribution in [1.82, 2.24) is 0 Å². The molecule has 98 valence electrons. The van der Waals surface area contributed by atoms with E-state index in [2.05, 4.69) is 5.32 Å². The fraction of sp³-hybridized carbons (Fsp3) is 0.133. The van der Waals surface area contributed by atoms with Crippen molar-refractivity contribution in [1.29, 1.82) is 0 Å². The van der Waals surface area contributed by atoms with Gasteiger partial charge in [0.2, 0.25) is 0 Å². The van der Waals surface area contributed by atoms with Crippen LogP contribution in [0.4, 0.5) is 5.69 Å². The van der Waals surface area contributed by atoms with E-state index in [1.807, 2.05) is 19.1 Å². The highest BCUT2D eigenvalue weighted by Gasteiger charge is 2.08. The van der Waals surface area contributed by atoms with Crippen LogP contribution in [0.3, 0.4) is 0 Å². The summed E-state index contributed by atoms with van der Waals surface area (Å²) in [4.78, 5) is 12.0. The molecule has 2 aromatic rings. The standard InChI is InChI=1S/C15H16N2O2/c1-10-2-7-14(18)13(8-10)17-15(19)12-5-3-11(9-16)4-6-12/h2-8,18H,9,16H2,1H3,(H,17,19). The molecule has 0 saturated heterocycles. The van der Waals surface area contributed by atoms with Gasteiger partial charge in [0.15, 0.2) is 0 Å². The summed E-state index contributed by atoms with van der Waals surface area (Å²) in [6.45, 7) is 2.34. The summed E-state index contributed by atoms with van der Waals surface area (Å²) < 4.78 is 0. The van der Waals surface area contributed by atoms with Crippen molar-refractivity contribution in [2.75, 3.05) is 5.32 Å². The summed E-state index contributed by atoms with van der Waals surface area (Å²) in [5.41, 5.74) is 8.37. The van der Waals surface area contributed by atoms with Crippen LogP contribution in [0.25, 0.3) is 0 Å². The number of anilines is 1. The molecule has 19 heavy (non-hydrogen) atoms. The fourth-order valence-corrected chi connectivity index (χ4v) is 1.74. The maximum absolute atomic E-state index is 12.0. The highest BCUT2D eigenvalue weighted by atomic mass is 16.3. The number of hydrogen-bond donors (Lipinski definition) is 3. The van der Waals surface area contributed by atoms with Crippen LogP contribution >= 0.6 is 0 Å². The molecule has 0 aromatic heterocycles. The van der Waals surface area contributed by atoms with E-state index in [9.17, 15) is 9.90 Å². The molecular formula is C15H16N2O2. The van der Waals surface area contributed by atoms with Gasteiger partial charge in [0.25, 0.3) is 5.91 Å². The first kappa shape index (κ1) is 13.1. The number of amides is 1. The third kappa shape index (κ3) is 3.11. The van der Waals surface area contributed by atoms with E-state index in [1.165, 1.54) is 0 Å². The molecule has 0 bridgehead atoms. The van der Waals surface area contributed by atoms with Crippen LogP contribution in [0.2, 0.25) is 0 Å². The molecular weight excluding hydrogens is 240 g/mol. The number of rotatable bonds is 3. The van der Waals surface area contributed by atoms with Gasteiger partial charge in [-0.1, -0.05) is 18.2 Å². The molecule has 0 fully saturated rings. The highest BCUT2D eigenvalue weighted by Crippen LogP contribution is 2.24. The first-order valence-corrected chi connectivity index (χ1v) is 6.00. The first-order chi connectivity index (χ1) is 9.10. The fourth-order valence-electron chi connectivity index (χ4n) is 1.74. The number of carbonyl (C=O) groups excluding carboxylic acids is 1. The van der Waals surface area contributed by atoms with E-state index in [4.69, 9.17) is 5.73 Å². The van der Waals surface area contributed by atoms with E-state index in [0.717, 1.165) is 11.1 Å². The average Bonchev–Trinajstić information content (AvgIpc) is 2.43. The Balaban J connectivity index is 2.18. The van der Waals surface area contributed by atoms with Gasteiger partial charge in [-0.15, -0.1) is 0 Å². The van der Waals surface area contributed by atoms with E-state index < -0.39 is 0 Å². The topological polar surface area (TPSA) is 75.3 Å². The summed E-state index contributed by atoms with van der Waals surface area (Å²) in [6, 6.07) is 12.1. The van der Waals surface area contributed by atoms with Gasteiger partial charge in [0, 0.05) is 12.1 Å². The van der Waals surface area contributed by atoms with Gasteiger partial charge in [-0.25, -0.2) is 0 Å². The van der Waals surface area contributed by atoms with Crippen molar-refractivity contribution in [2.45, 2.75) is 13.5 Å². The maximum atomic E-state index is 12.0. The van der Waals surface area contributed by atoms with Crippen molar-refractivity contribution in [3.63, 3.8) is 0 Å². The minimum Gasteiger partial charge on any atom is -0.506 e. The molecule has 0 atom stereocenters. The number of aromatic hydroxyl groups is 1. The molecule has 2 aromatic carbocycles. The minimum atomic E-state index is -0.260. The minimum absolute atomic E-state index is 0.0533. The maximum Gasteiger partial charge on any atom is 0.255 e. The van der Waals surface area contributed by atoms with Crippen LogP contribution in [0.15, 0.2) is 42.5 Å². The highest BCUT2D eigenvalue weighted by molar-refractivity contribution is 6.05. The molecule has 4 heteroatoms. The molecule has 4 nitrogen and oxygen atoms in total. The van der Waals surface area contributed by atoms with Gasteiger partial charge >= 0.3 is 0 Å². The number of nitrogens with two attached hydrogens (primary N) is 1. The number of aryl methyl sites for hydroxylation is 1. The second-order valence-electron chi connectivity index (χ2n) is 4.38. The summed E-state index contributed by atoms with van der Waals surface area (Å²) in [7, 11) is 0. The summed E-state index contributed by atoms with van der Waals surface area (Å²) in [5, 5.41) is 12.4. The molecule has 0 aliphatic rings. The van der Waals surface area contributed by atoms with Crippen LogP contribution in [0, 0.1) is 6.92 Å². The zero-order chi connectivity index (χ0) is 13.8. The molecule has 0 saturated carbocycles. The quantitative estimate of drug-likeness (QED) is 0.738. The Morgan fingerprint density at radius 1 is 1.21 bits per heavy atom. The van der Waals surface area contributed by atoms with Gasteiger partial charge in [-0.2, -0.15) is 0 Å². The Labute approximate surface area is 111 Å². The van der Waals surface area contributed by atoms with Crippen LogP contribution in [0.1, 0.15) is 21.5 Å². The lowest BCUT2D eigenvalue weighted by molar-refractivity contribution is 0.102. The van der Waals surface area contributed by atoms with Gasteiger partial charge < -0.3 is 16.2 Å². The van der Waals surface area contributed by atoms with Crippen LogP contribution in [-0.4, -0.2) is 11.0 Å². The molecule has 0 heterocycles. The molecule has 0 radical (unpaired) electrons. The zero-order valence-corrected chi connectivity index (χ0v) is 10.7. The number of hydrogen-bond acceptors (Lipinski definition) is 3. The first-order valence-electron chi connectivity index (χ1n) is 6.00. The van der Waals surface area contributed by atoms with Gasteiger partial charge in [-0.3, -0.25) is 4.79 Å². The lowest BCUT2D eigenvalue weighted by atomic mass is 10.1. The van der Waals surface area contributed by atoms with Crippen LogP contribution in [-0.2, 0) is 6.54 Å². The second-order valence-corrected chi connectivity index (χ2v) is 4.38. The van der Waals surface area contributed by atoms with Gasteiger partial charge in [0.1, 0.15) is 5.75 Å². The number of carbonyl (C=O) groups is 1. The smallest absolute Gasteiger partial charge is 0.255 e. The molecule has 0 unspecified atom stereocenters.